The second-order valence-corrected chi connectivity index (χ2v) is 2.49. The molecule has 0 aromatic rings. The van der Waals surface area contributed by atoms with Crippen LogP contribution in [0.3, 0.4) is 0 Å². The summed E-state index contributed by atoms with van der Waals surface area (Å²) < 4.78 is 12.1. The average Bonchev–Trinajstić information content (AvgIpc) is 2.22. The van der Waals surface area contributed by atoms with Crippen LogP contribution >= 0.6 is 0 Å². The second-order valence-electron chi connectivity index (χ2n) is 2.49. The van der Waals surface area contributed by atoms with Gasteiger partial charge in [0, 0.05) is 4.91 Å². The van der Waals surface area contributed by atoms with Crippen molar-refractivity contribution in [2.24, 2.45) is 5.11 Å². The summed E-state index contributed by atoms with van der Waals surface area (Å²) in [5.74, 6) is -1.07. The van der Waals surface area contributed by atoms with E-state index in [9.17, 15) is 9.18 Å². The van der Waals surface area contributed by atoms with E-state index in [4.69, 9.17) is 20.9 Å². The summed E-state index contributed by atoms with van der Waals surface area (Å²) in [6.45, 7) is -2.19. The van der Waals surface area contributed by atoms with Crippen molar-refractivity contribution in [1.29, 1.82) is 0 Å². The third-order valence-electron chi connectivity index (χ3n) is 1.56. The first-order valence-electron chi connectivity index (χ1n) is 3.68. The number of carbonyl (C=O) groups excluding carboxylic acids is 1. The van der Waals surface area contributed by atoms with E-state index >= 15 is 0 Å². The fourth-order valence-electron chi connectivity index (χ4n) is 0.751. The number of halogens is 1. The smallest absolute Gasteiger partial charge is 0.189 e. The van der Waals surface area contributed by atoms with Gasteiger partial charge in [-0.2, -0.15) is 0 Å². The first kappa shape index (κ1) is 12.8. The number of nitrogens with zero attached hydrogens (tertiary/aromatic N) is 3. The van der Waals surface area contributed by atoms with Gasteiger partial charge < -0.3 is 15.3 Å². The van der Waals surface area contributed by atoms with Crippen LogP contribution in [0.15, 0.2) is 5.11 Å². The maximum Gasteiger partial charge on any atom is 0.189 e. The van der Waals surface area contributed by atoms with Crippen LogP contribution in [0, 0.1) is 0 Å². The molecule has 0 aliphatic carbocycles. The largest absolute Gasteiger partial charge is 0.389 e. The minimum absolute atomic E-state index is 0.979. The number of ketones is 1. The zero-order chi connectivity index (χ0) is 11.1. The average molecular weight is 207 g/mol. The van der Waals surface area contributed by atoms with Gasteiger partial charge in [-0.1, -0.05) is 5.11 Å². The molecule has 0 aliphatic rings. The van der Waals surface area contributed by atoms with Crippen LogP contribution in [0.2, 0.25) is 0 Å². The van der Waals surface area contributed by atoms with Crippen LogP contribution in [0.4, 0.5) is 4.39 Å². The molecule has 0 unspecified atom stereocenters. The van der Waals surface area contributed by atoms with Gasteiger partial charge in [0.05, 0.1) is 12.1 Å². The van der Waals surface area contributed by atoms with Crippen molar-refractivity contribution in [2.75, 3.05) is 13.3 Å². The van der Waals surface area contributed by atoms with Gasteiger partial charge in [-0.15, -0.1) is 0 Å². The van der Waals surface area contributed by atoms with Crippen LogP contribution in [0.1, 0.15) is 0 Å². The highest BCUT2D eigenvalue weighted by Gasteiger charge is 2.30. The van der Waals surface area contributed by atoms with Crippen molar-refractivity contribution in [2.45, 2.75) is 18.2 Å². The molecule has 7 nitrogen and oxygen atoms in total. The van der Waals surface area contributed by atoms with Crippen LogP contribution in [0.5, 0.6) is 0 Å². The molecule has 0 aromatic heterocycles. The van der Waals surface area contributed by atoms with Crippen molar-refractivity contribution in [3.05, 3.63) is 10.4 Å². The maximum absolute atomic E-state index is 12.1. The third-order valence-corrected chi connectivity index (χ3v) is 1.56. The predicted molar refractivity (Wildman–Crippen MR) is 43.0 cm³/mol. The van der Waals surface area contributed by atoms with Gasteiger partial charge in [-0.05, 0) is 5.53 Å². The number of carbonyl (C=O) groups is 1. The molecule has 0 amide bonds. The topological polar surface area (TPSA) is 127 Å². The normalized spacial score (nSPS) is 16.6. The van der Waals surface area contributed by atoms with E-state index in [1.165, 1.54) is 0 Å². The molecular formula is C6H10FN3O4. The Bertz CT molecular complexity index is 243. The Balaban J connectivity index is 4.48. The van der Waals surface area contributed by atoms with Gasteiger partial charge in [0.1, 0.15) is 19.4 Å². The Labute approximate surface area is 78.4 Å². The number of hydrogen-bond acceptors (Lipinski definition) is 5. The number of azide groups is 1. The highest BCUT2D eigenvalue weighted by atomic mass is 19.1. The summed E-state index contributed by atoms with van der Waals surface area (Å²) in [6, 6.07) is -1.54. The van der Waals surface area contributed by atoms with Crippen LogP contribution < -0.4 is 0 Å². The monoisotopic (exact) mass is 207 g/mol. The molecule has 0 saturated carbocycles. The molecule has 0 saturated heterocycles. The van der Waals surface area contributed by atoms with E-state index in [2.05, 4.69) is 10.0 Å². The summed E-state index contributed by atoms with van der Waals surface area (Å²) in [7, 11) is 0. The lowest BCUT2D eigenvalue weighted by molar-refractivity contribution is -0.136. The van der Waals surface area contributed by atoms with Crippen molar-refractivity contribution < 1.29 is 24.5 Å². The van der Waals surface area contributed by atoms with Gasteiger partial charge in [0.15, 0.2) is 5.78 Å². The minimum Gasteiger partial charge on any atom is -0.389 e. The lowest BCUT2D eigenvalue weighted by Crippen LogP contribution is -2.43. The van der Waals surface area contributed by atoms with E-state index in [1.807, 2.05) is 0 Å². The quantitative estimate of drug-likeness (QED) is 0.290. The Morgan fingerprint density at radius 3 is 2.50 bits per heavy atom. The number of aliphatic hydroxyl groups is 3. The number of Topliss-reactive ketones (excluding diaryl/α,β-unsaturated/α-hetero) is 1. The minimum atomic E-state index is -1.95. The number of rotatable bonds is 6. The standard InChI is InChI=1S/C6H10FN3O4/c7-1-3(9-10-8)5(13)6(14)4(12)2-11/h3,5-6,11,13-14H,1-2H2/t3-,5-,6-/m1/s1. The Kier molecular flexibility index (Phi) is 5.73. The van der Waals surface area contributed by atoms with Gasteiger partial charge in [-0.3, -0.25) is 9.18 Å². The lowest BCUT2D eigenvalue weighted by atomic mass is 10.0. The SMILES string of the molecule is [N-]=[N+]=N[C@H](CF)[C@@H](O)[C@H](O)C(=O)CO. The highest BCUT2D eigenvalue weighted by Crippen LogP contribution is 2.06. The molecule has 0 bridgehead atoms. The van der Waals surface area contributed by atoms with Crippen LogP contribution in [-0.2, 0) is 4.79 Å². The molecule has 0 aliphatic heterocycles. The van der Waals surface area contributed by atoms with Gasteiger partial charge in [0.25, 0.3) is 0 Å². The maximum atomic E-state index is 12.1. The van der Waals surface area contributed by atoms with Crippen molar-refractivity contribution in [3.63, 3.8) is 0 Å². The van der Waals surface area contributed by atoms with E-state index in [0.717, 1.165) is 0 Å². The summed E-state index contributed by atoms with van der Waals surface area (Å²) in [5, 5.41) is 29.3. The van der Waals surface area contributed by atoms with Crippen molar-refractivity contribution >= 4 is 5.78 Å². The number of alkyl halides is 1. The zero-order valence-corrected chi connectivity index (χ0v) is 7.12. The van der Waals surface area contributed by atoms with Crippen LogP contribution in [0.25, 0.3) is 10.4 Å². The number of aliphatic hydroxyl groups excluding tert-OH is 3. The summed E-state index contributed by atoms with van der Waals surface area (Å²) >= 11 is 0. The Morgan fingerprint density at radius 1 is 1.57 bits per heavy atom. The first-order chi connectivity index (χ1) is 6.58. The molecule has 0 radical (unpaired) electrons. The zero-order valence-electron chi connectivity index (χ0n) is 7.12. The Hall–Kier alpha value is -1.21. The lowest BCUT2D eigenvalue weighted by Gasteiger charge is -2.19. The second kappa shape index (κ2) is 6.28. The van der Waals surface area contributed by atoms with Gasteiger partial charge in [0.2, 0.25) is 0 Å². The molecule has 80 valence electrons. The van der Waals surface area contributed by atoms with Crippen molar-refractivity contribution in [3.8, 4) is 0 Å². The van der Waals surface area contributed by atoms with Crippen LogP contribution in [-0.4, -0.2) is 52.6 Å². The molecule has 0 rings (SSSR count). The molecule has 8 heteroatoms. The molecular weight excluding hydrogens is 197 g/mol. The first-order valence-corrected chi connectivity index (χ1v) is 3.68. The Morgan fingerprint density at radius 2 is 2.14 bits per heavy atom. The van der Waals surface area contributed by atoms with Gasteiger partial charge >= 0.3 is 0 Å². The molecule has 14 heavy (non-hydrogen) atoms. The van der Waals surface area contributed by atoms with Crippen molar-refractivity contribution in [1.82, 2.24) is 0 Å². The summed E-state index contributed by atoms with van der Waals surface area (Å²) in [4.78, 5) is 12.9. The van der Waals surface area contributed by atoms with E-state index in [1.54, 1.807) is 0 Å². The fraction of sp³-hybridized carbons (Fsp3) is 0.833. The summed E-state index contributed by atoms with van der Waals surface area (Å²) in [6.07, 6.45) is -3.80. The summed E-state index contributed by atoms with van der Waals surface area (Å²) in [5.41, 5.74) is 7.96. The molecule has 0 fully saturated rings. The highest BCUT2D eigenvalue weighted by molar-refractivity contribution is 5.84. The van der Waals surface area contributed by atoms with E-state index in [-0.39, 0.29) is 0 Å². The molecule has 3 N–H and O–H groups in total. The molecule has 0 heterocycles. The van der Waals surface area contributed by atoms with Gasteiger partial charge in [-0.25, -0.2) is 0 Å². The molecule has 0 aromatic carbocycles. The molecule has 0 spiro atoms. The third kappa shape index (κ3) is 3.27. The van der Waals surface area contributed by atoms with E-state index in [0.29, 0.717) is 0 Å². The predicted octanol–water partition coefficient (Wildman–Crippen LogP) is -1.08. The van der Waals surface area contributed by atoms with E-state index < -0.39 is 37.3 Å². The fourth-order valence-corrected chi connectivity index (χ4v) is 0.751. The molecule has 3 atom stereocenters. The number of hydrogen-bond donors (Lipinski definition) is 3.